The third-order valence-electron chi connectivity index (χ3n) is 3.78. The van der Waals surface area contributed by atoms with Crippen LogP contribution in [0.1, 0.15) is 49.4 Å². The number of nitrogens with zero attached hydrogens (tertiary/aromatic N) is 2. The Bertz CT molecular complexity index is 380. The molecule has 1 aliphatic carbocycles. The zero-order valence-electron chi connectivity index (χ0n) is 9.61. The van der Waals surface area contributed by atoms with Crippen molar-refractivity contribution in [1.29, 1.82) is 0 Å². The molecule has 0 atom stereocenters. The van der Waals surface area contributed by atoms with Gasteiger partial charge < -0.3 is 10.5 Å². The van der Waals surface area contributed by atoms with Gasteiger partial charge >= 0.3 is 0 Å². The predicted octanol–water partition coefficient (Wildman–Crippen LogP) is 2.04. The van der Waals surface area contributed by atoms with Gasteiger partial charge in [0.05, 0.1) is 24.9 Å². The molecule has 4 nitrogen and oxygen atoms in total. The van der Waals surface area contributed by atoms with Gasteiger partial charge in [0.2, 0.25) is 0 Å². The lowest BCUT2D eigenvalue weighted by Gasteiger charge is -2.23. The molecule has 1 fully saturated rings. The molecule has 2 heterocycles. The van der Waals surface area contributed by atoms with Crippen molar-refractivity contribution < 1.29 is 4.74 Å². The molecule has 0 unspecified atom stereocenters. The Hall–Kier alpha value is -1.03. The van der Waals surface area contributed by atoms with Gasteiger partial charge in [-0.3, -0.25) is 0 Å². The third kappa shape index (κ3) is 1.61. The molecule has 1 aromatic heterocycles. The van der Waals surface area contributed by atoms with E-state index in [0.29, 0.717) is 12.6 Å². The minimum absolute atomic E-state index is 0.527. The molecular formula is C12H19N3O. The van der Waals surface area contributed by atoms with Gasteiger partial charge in [0.25, 0.3) is 0 Å². The van der Waals surface area contributed by atoms with Crippen molar-refractivity contribution in [2.75, 3.05) is 12.3 Å². The zero-order chi connectivity index (χ0) is 11.0. The first-order chi connectivity index (χ1) is 7.86. The first-order valence-electron chi connectivity index (χ1n) is 6.30. The van der Waals surface area contributed by atoms with E-state index in [-0.39, 0.29) is 0 Å². The Morgan fingerprint density at radius 2 is 2.06 bits per heavy atom. The monoisotopic (exact) mass is 221 g/mol. The van der Waals surface area contributed by atoms with Crippen molar-refractivity contribution in [2.24, 2.45) is 0 Å². The first-order valence-corrected chi connectivity index (χ1v) is 6.30. The van der Waals surface area contributed by atoms with Crippen molar-refractivity contribution in [3.63, 3.8) is 0 Å². The highest BCUT2D eigenvalue weighted by molar-refractivity contribution is 5.44. The molecule has 0 saturated heterocycles. The van der Waals surface area contributed by atoms with E-state index in [9.17, 15) is 0 Å². The lowest BCUT2D eigenvalue weighted by atomic mass is 9.96. The van der Waals surface area contributed by atoms with Crippen LogP contribution in [0, 0.1) is 0 Å². The normalized spacial score (nSPS) is 22.0. The largest absolute Gasteiger partial charge is 0.384 e. The summed E-state index contributed by atoms with van der Waals surface area (Å²) in [7, 11) is 0. The minimum Gasteiger partial charge on any atom is -0.384 e. The Labute approximate surface area is 95.8 Å². The number of rotatable bonds is 1. The van der Waals surface area contributed by atoms with E-state index in [1.54, 1.807) is 0 Å². The van der Waals surface area contributed by atoms with Crippen LogP contribution in [0.4, 0.5) is 5.82 Å². The Morgan fingerprint density at radius 1 is 1.25 bits per heavy atom. The van der Waals surface area contributed by atoms with Crippen LogP contribution < -0.4 is 5.73 Å². The highest BCUT2D eigenvalue weighted by Crippen LogP contribution is 2.32. The minimum atomic E-state index is 0.527. The van der Waals surface area contributed by atoms with Crippen LogP contribution in [0.25, 0.3) is 0 Å². The van der Waals surface area contributed by atoms with Crippen LogP contribution in [-0.4, -0.2) is 16.4 Å². The summed E-state index contributed by atoms with van der Waals surface area (Å²) < 4.78 is 7.51. The molecule has 2 N–H and O–H groups in total. The van der Waals surface area contributed by atoms with Crippen LogP contribution in [0.3, 0.4) is 0 Å². The molecule has 0 spiro atoms. The zero-order valence-corrected chi connectivity index (χ0v) is 9.61. The van der Waals surface area contributed by atoms with E-state index in [4.69, 9.17) is 10.5 Å². The second kappa shape index (κ2) is 4.09. The van der Waals surface area contributed by atoms with Gasteiger partial charge in [0, 0.05) is 12.0 Å². The highest BCUT2D eigenvalue weighted by Gasteiger charge is 2.24. The van der Waals surface area contributed by atoms with Gasteiger partial charge in [0.1, 0.15) is 5.82 Å². The summed E-state index contributed by atoms with van der Waals surface area (Å²) in [6.07, 6.45) is 7.35. The number of anilines is 1. The predicted molar refractivity (Wildman–Crippen MR) is 62.1 cm³/mol. The summed E-state index contributed by atoms with van der Waals surface area (Å²) in [6, 6.07) is 0.527. The highest BCUT2D eigenvalue weighted by atomic mass is 16.5. The molecule has 4 heteroatoms. The molecule has 0 radical (unpaired) electrons. The lowest BCUT2D eigenvalue weighted by Crippen LogP contribution is -2.16. The molecular weight excluding hydrogens is 202 g/mol. The number of nitrogen functional groups attached to an aromatic ring is 1. The third-order valence-corrected chi connectivity index (χ3v) is 3.78. The van der Waals surface area contributed by atoms with Crippen molar-refractivity contribution in [2.45, 2.75) is 51.2 Å². The SMILES string of the molecule is Nc1c2c(nn1C1CCCCC1)CCOC2. The molecule has 0 amide bonds. The second-order valence-corrected chi connectivity index (χ2v) is 4.85. The van der Waals surface area contributed by atoms with Crippen molar-refractivity contribution in [3.05, 3.63) is 11.3 Å². The van der Waals surface area contributed by atoms with Gasteiger partial charge in [-0.2, -0.15) is 5.10 Å². The average molecular weight is 221 g/mol. The number of fused-ring (bicyclic) bond motifs is 1. The Morgan fingerprint density at radius 3 is 2.81 bits per heavy atom. The van der Waals surface area contributed by atoms with E-state index in [0.717, 1.165) is 30.1 Å². The quantitative estimate of drug-likeness (QED) is 0.789. The van der Waals surface area contributed by atoms with Crippen LogP contribution in [0.2, 0.25) is 0 Å². The maximum atomic E-state index is 6.18. The number of hydrogen-bond donors (Lipinski definition) is 1. The number of hydrogen-bond acceptors (Lipinski definition) is 3. The average Bonchev–Trinajstić information content (AvgIpc) is 2.69. The van der Waals surface area contributed by atoms with E-state index < -0.39 is 0 Å². The molecule has 88 valence electrons. The van der Waals surface area contributed by atoms with Gasteiger partial charge in [0.15, 0.2) is 0 Å². The van der Waals surface area contributed by atoms with Crippen molar-refractivity contribution in [1.82, 2.24) is 9.78 Å². The smallest absolute Gasteiger partial charge is 0.127 e. The van der Waals surface area contributed by atoms with Gasteiger partial charge in [-0.05, 0) is 12.8 Å². The maximum Gasteiger partial charge on any atom is 0.127 e. The molecule has 1 aliphatic heterocycles. The van der Waals surface area contributed by atoms with E-state index in [1.807, 2.05) is 0 Å². The van der Waals surface area contributed by atoms with Crippen LogP contribution in [0.15, 0.2) is 0 Å². The molecule has 0 aromatic carbocycles. The number of nitrogens with two attached hydrogens (primary N) is 1. The van der Waals surface area contributed by atoms with Crippen molar-refractivity contribution >= 4 is 5.82 Å². The molecule has 1 aromatic rings. The fourth-order valence-electron chi connectivity index (χ4n) is 2.84. The summed E-state index contributed by atoms with van der Waals surface area (Å²) in [5.41, 5.74) is 8.47. The first kappa shape index (κ1) is 10.1. The molecule has 1 saturated carbocycles. The summed E-state index contributed by atoms with van der Waals surface area (Å²) in [5, 5.41) is 4.69. The summed E-state index contributed by atoms with van der Waals surface area (Å²) in [5.74, 6) is 0.849. The fourth-order valence-corrected chi connectivity index (χ4v) is 2.84. The fraction of sp³-hybridized carbons (Fsp3) is 0.750. The Kier molecular flexibility index (Phi) is 2.59. The van der Waals surface area contributed by atoms with Crippen LogP contribution in [-0.2, 0) is 17.8 Å². The van der Waals surface area contributed by atoms with Gasteiger partial charge in [-0.15, -0.1) is 0 Å². The summed E-state index contributed by atoms with van der Waals surface area (Å²) in [6.45, 7) is 1.43. The van der Waals surface area contributed by atoms with Gasteiger partial charge in [-0.1, -0.05) is 19.3 Å². The number of aromatic nitrogens is 2. The second-order valence-electron chi connectivity index (χ2n) is 4.85. The molecule has 3 rings (SSSR count). The van der Waals surface area contributed by atoms with E-state index in [1.165, 1.54) is 32.1 Å². The van der Waals surface area contributed by atoms with E-state index in [2.05, 4.69) is 9.78 Å². The number of ether oxygens (including phenoxy) is 1. The molecule has 16 heavy (non-hydrogen) atoms. The lowest BCUT2D eigenvalue weighted by molar-refractivity contribution is 0.110. The summed E-state index contributed by atoms with van der Waals surface area (Å²) in [4.78, 5) is 0. The molecule has 2 aliphatic rings. The molecule has 0 bridgehead atoms. The van der Waals surface area contributed by atoms with Crippen molar-refractivity contribution in [3.8, 4) is 0 Å². The summed E-state index contributed by atoms with van der Waals surface area (Å²) >= 11 is 0. The Balaban J connectivity index is 1.91. The van der Waals surface area contributed by atoms with Crippen LogP contribution in [0.5, 0.6) is 0 Å². The maximum absolute atomic E-state index is 6.18. The van der Waals surface area contributed by atoms with E-state index >= 15 is 0 Å². The topological polar surface area (TPSA) is 53.1 Å². The van der Waals surface area contributed by atoms with Gasteiger partial charge in [-0.25, -0.2) is 4.68 Å². The standard InChI is InChI=1S/C12H19N3O/c13-12-10-8-16-7-6-11(10)14-15(12)9-4-2-1-3-5-9/h9H,1-8,13H2. The van der Waals surface area contributed by atoms with Crippen LogP contribution >= 0.6 is 0 Å².